The molecule has 1 fully saturated rings. The predicted octanol–water partition coefficient (Wildman–Crippen LogP) is 5.03. The maximum Gasteiger partial charge on any atom is 0.111 e. The molecule has 1 aliphatic rings. The third kappa shape index (κ3) is 2.47. The summed E-state index contributed by atoms with van der Waals surface area (Å²) in [6.45, 7) is 4.75. The fourth-order valence-corrected chi connectivity index (χ4v) is 4.10. The number of halogens is 2. The molecular formula is C16H20ClIN2. The van der Waals surface area contributed by atoms with E-state index >= 15 is 0 Å². The van der Waals surface area contributed by atoms with E-state index in [1.807, 2.05) is 0 Å². The van der Waals surface area contributed by atoms with E-state index in [4.69, 9.17) is 16.6 Å². The summed E-state index contributed by atoms with van der Waals surface area (Å²) < 4.78 is 3.71. The van der Waals surface area contributed by atoms with Crippen LogP contribution in [0.15, 0.2) is 18.2 Å². The van der Waals surface area contributed by atoms with Crippen LogP contribution in [0.25, 0.3) is 11.0 Å². The van der Waals surface area contributed by atoms with Gasteiger partial charge in [-0.3, -0.25) is 0 Å². The second kappa shape index (κ2) is 5.84. The van der Waals surface area contributed by atoms with Crippen molar-refractivity contribution in [3.8, 4) is 0 Å². The number of hydrogen-bond acceptors (Lipinski definition) is 1. The van der Waals surface area contributed by atoms with Crippen LogP contribution < -0.4 is 0 Å². The van der Waals surface area contributed by atoms with Gasteiger partial charge in [-0.1, -0.05) is 13.8 Å². The van der Waals surface area contributed by atoms with Gasteiger partial charge in [0.25, 0.3) is 0 Å². The Morgan fingerprint density at radius 2 is 2.15 bits per heavy atom. The van der Waals surface area contributed by atoms with E-state index in [-0.39, 0.29) is 0 Å². The van der Waals surface area contributed by atoms with Gasteiger partial charge in [-0.15, -0.1) is 11.6 Å². The van der Waals surface area contributed by atoms with Gasteiger partial charge in [0.05, 0.1) is 11.0 Å². The summed E-state index contributed by atoms with van der Waals surface area (Å²) in [4.78, 5) is 4.84. The fraction of sp³-hybridized carbons (Fsp3) is 0.562. The van der Waals surface area contributed by atoms with Crippen molar-refractivity contribution in [3.63, 3.8) is 0 Å². The van der Waals surface area contributed by atoms with Gasteiger partial charge in [-0.25, -0.2) is 4.98 Å². The average Bonchev–Trinajstić information content (AvgIpc) is 2.91. The Hall–Kier alpha value is -0.290. The molecule has 108 valence electrons. The van der Waals surface area contributed by atoms with Crippen LogP contribution in [0.2, 0.25) is 0 Å². The van der Waals surface area contributed by atoms with Gasteiger partial charge in [0.15, 0.2) is 0 Å². The Bertz CT molecular complexity index is 622. The van der Waals surface area contributed by atoms with E-state index < -0.39 is 0 Å². The molecule has 4 heteroatoms. The minimum Gasteiger partial charge on any atom is -0.325 e. The molecule has 3 unspecified atom stereocenters. The monoisotopic (exact) mass is 402 g/mol. The topological polar surface area (TPSA) is 17.8 Å². The minimum atomic E-state index is 0.577. The second-order valence-corrected chi connectivity index (χ2v) is 7.57. The summed E-state index contributed by atoms with van der Waals surface area (Å²) >= 11 is 8.33. The van der Waals surface area contributed by atoms with Crippen LogP contribution in [0.1, 0.15) is 38.6 Å². The largest absolute Gasteiger partial charge is 0.325 e. The Morgan fingerprint density at radius 1 is 1.35 bits per heavy atom. The first-order valence-corrected chi connectivity index (χ1v) is 8.95. The SMILES string of the molecule is CC1CCC(n2c(CCCl)nc3cc(I)ccc32)C1C. The molecule has 1 aromatic heterocycles. The highest BCUT2D eigenvalue weighted by Gasteiger charge is 2.33. The van der Waals surface area contributed by atoms with Crippen LogP contribution in [0.5, 0.6) is 0 Å². The van der Waals surface area contributed by atoms with Crippen LogP contribution in [-0.2, 0) is 6.42 Å². The minimum absolute atomic E-state index is 0.577. The lowest BCUT2D eigenvalue weighted by atomic mass is 9.97. The van der Waals surface area contributed by atoms with Gasteiger partial charge in [-0.2, -0.15) is 0 Å². The standard InChI is InChI=1S/C16H20ClIN2/c1-10-3-5-14(11(10)2)20-15-6-4-12(18)9-13(15)19-16(20)7-8-17/h4,6,9-11,14H,3,5,7-8H2,1-2H3. The molecule has 1 heterocycles. The maximum atomic E-state index is 5.98. The second-order valence-electron chi connectivity index (χ2n) is 5.95. The molecule has 3 rings (SSSR count). The number of alkyl halides is 1. The van der Waals surface area contributed by atoms with Crippen molar-refractivity contribution in [2.75, 3.05) is 5.88 Å². The molecule has 1 aromatic carbocycles. The zero-order valence-electron chi connectivity index (χ0n) is 11.9. The van der Waals surface area contributed by atoms with Gasteiger partial charge in [0.1, 0.15) is 5.82 Å². The highest BCUT2D eigenvalue weighted by Crippen LogP contribution is 2.42. The molecule has 0 bridgehead atoms. The molecule has 2 aromatic rings. The third-order valence-electron chi connectivity index (χ3n) is 4.80. The quantitative estimate of drug-likeness (QED) is 0.520. The van der Waals surface area contributed by atoms with E-state index in [2.05, 4.69) is 59.2 Å². The van der Waals surface area contributed by atoms with Crippen molar-refractivity contribution in [1.29, 1.82) is 0 Å². The van der Waals surface area contributed by atoms with Crippen molar-refractivity contribution in [2.24, 2.45) is 11.8 Å². The van der Waals surface area contributed by atoms with Crippen molar-refractivity contribution in [3.05, 3.63) is 27.6 Å². The number of aromatic nitrogens is 2. The highest BCUT2D eigenvalue weighted by atomic mass is 127. The van der Waals surface area contributed by atoms with E-state index in [0.29, 0.717) is 17.8 Å². The third-order valence-corrected chi connectivity index (χ3v) is 5.66. The zero-order valence-corrected chi connectivity index (χ0v) is 14.9. The molecule has 0 radical (unpaired) electrons. The van der Waals surface area contributed by atoms with Crippen molar-refractivity contribution < 1.29 is 0 Å². The van der Waals surface area contributed by atoms with Crippen molar-refractivity contribution in [2.45, 2.75) is 39.2 Å². The summed E-state index contributed by atoms with van der Waals surface area (Å²) in [6.07, 6.45) is 3.43. The lowest BCUT2D eigenvalue weighted by Gasteiger charge is -2.22. The number of hydrogen-bond donors (Lipinski definition) is 0. The van der Waals surface area contributed by atoms with Crippen LogP contribution in [0.3, 0.4) is 0 Å². The van der Waals surface area contributed by atoms with Crippen LogP contribution >= 0.6 is 34.2 Å². The summed E-state index contributed by atoms with van der Waals surface area (Å²) in [7, 11) is 0. The predicted molar refractivity (Wildman–Crippen MR) is 93.5 cm³/mol. The smallest absolute Gasteiger partial charge is 0.111 e. The number of imidazole rings is 1. The van der Waals surface area contributed by atoms with E-state index in [1.54, 1.807) is 0 Å². The van der Waals surface area contributed by atoms with Crippen molar-refractivity contribution in [1.82, 2.24) is 9.55 Å². The molecule has 0 amide bonds. The first kappa shape index (κ1) is 14.6. The Kier molecular flexibility index (Phi) is 4.27. The summed E-state index contributed by atoms with van der Waals surface area (Å²) in [5.74, 6) is 3.30. The van der Waals surface area contributed by atoms with Crippen LogP contribution in [-0.4, -0.2) is 15.4 Å². The Morgan fingerprint density at radius 3 is 2.80 bits per heavy atom. The summed E-state index contributed by atoms with van der Waals surface area (Å²) in [5, 5.41) is 0. The van der Waals surface area contributed by atoms with Gasteiger partial charge in [0, 0.05) is 21.9 Å². The average molecular weight is 403 g/mol. The number of fused-ring (bicyclic) bond motifs is 1. The van der Waals surface area contributed by atoms with Gasteiger partial charge in [-0.05, 0) is 65.5 Å². The van der Waals surface area contributed by atoms with Crippen LogP contribution in [0.4, 0.5) is 0 Å². The van der Waals surface area contributed by atoms with E-state index in [9.17, 15) is 0 Å². The van der Waals surface area contributed by atoms with Gasteiger partial charge < -0.3 is 4.57 Å². The number of nitrogens with zero attached hydrogens (tertiary/aromatic N) is 2. The first-order valence-electron chi connectivity index (χ1n) is 7.34. The molecule has 0 spiro atoms. The number of benzene rings is 1. The summed E-state index contributed by atoms with van der Waals surface area (Å²) in [6, 6.07) is 7.15. The normalized spacial score (nSPS) is 26.5. The Balaban J connectivity index is 2.14. The van der Waals surface area contributed by atoms with Crippen molar-refractivity contribution >= 4 is 45.2 Å². The Labute approximate surface area is 139 Å². The lowest BCUT2D eigenvalue weighted by Crippen LogP contribution is -2.17. The first-order chi connectivity index (χ1) is 9.61. The molecule has 1 saturated carbocycles. The molecule has 1 aliphatic carbocycles. The molecule has 20 heavy (non-hydrogen) atoms. The number of rotatable bonds is 3. The number of aryl methyl sites for hydroxylation is 1. The van der Waals surface area contributed by atoms with Crippen LogP contribution in [0, 0.1) is 15.4 Å². The molecule has 0 aliphatic heterocycles. The van der Waals surface area contributed by atoms with Gasteiger partial charge in [0.2, 0.25) is 0 Å². The summed E-state index contributed by atoms with van der Waals surface area (Å²) in [5.41, 5.74) is 2.39. The molecule has 3 atom stereocenters. The van der Waals surface area contributed by atoms with E-state index in [0.717, 1.165) is 23.7 Å². The molecule has 0 saturated heterocycles. The van der Waals surface area contributed by atoms with Gasteiger partial charge >= 0.3 is 0 Å². The fourth-order valence-electron chi connectivity index (χ4n) is 3.46. The molecule has 0 N–H and O–H groups in total. The maximum absolute atomic E-state index is 5.98. The zero-order chi connectivity index (χ0) is 14.3. The lowest BCUT2D eigenvalue weighted by molar-refractivity contribution is 0.352. The van der Waals surface area contributed by atoms with E-state index in [1.165, 1.54) is 21.9 Å². The molecular weight excluding hydrogens is 383 g/mol. The molecule has 2 nitrogen and oxygen atoms in total. The highest BCUT2D eigenvalue weighted by molar-refractivity contribution is 14.1.